The topological polar surface area (TPSA) is 3.24 Å². The average Bonchev–Trinajstić information content (AvgIpc) is 2.36. The number of aryl methyl sites for hydroxylation is 2. The predicted octanol–water partition coefficient (Wildman–Crippen LogP) is 4.29. The molecule has 1 aliphatic rings. The summed E-state index contributed by atoms with van der Waals surface area (Å²) in [5, 5.41) is 0. The van der Waals surface area contributed by atoms with E-state index in [-0.39, 0.29) is 0 Å². The van der Waals surface area contributed by atoms with Crippen LogP contribution in [0.15, 0.2) is 18.2 Å². The van der Waals surface area contributed by atoms with Gasteiger partial charge in [0.05, 0.1) is 0 Å². The van der Waals surface area contributed by atoms with Crippen molar-refractivity contribution in [2.45, 2.75) is 52.1 Å². The smallest absolute Gasteiger partial charge is 0.0241 e. The first-order chi connectivity index (χ1) is 8.72. The number of halogens is 1. The van der Waals surface area contributed by atoms with E-state index in [1.54, 1.807) is 0 Å². The first-order valence-corrected chi connectivity index (χ1v) is 7.61. The monoisotopic (exact) mass is 265 g/mol. The lowest BCUT2D eigenvalue weighted by atomic mass is 9.96. The second kappa shape index (κ2) is 6.58. The van der Waals surface area contributed by atoms with E-state index in [1.807, 2.05) is 0 Å². The van der Waals surface area contributed by atoms with Gasteiger partial charge in [0, 0.05) is 18.5 Å². The minimum absolute atomic E-state index is 0.690. The summed E-state index contributed by atoms with van der Waals surface area (Å²) in [4.78, 5) is 2.64. The maximum absolute atomic E-state index is 5.94. The molecule has 0 aliphatic carbocycles. The van der Waals surface area contributed by atoms with Crippen molar-refractivity contribution in [2.75, 3.05) is 12.4 Å². The molecule has 1 aliphatic heterocycles. The zero-order valence-electron chi connectivity index (χ0n) is 11.6. The van der Waals surface area contributed by atoms with Crippen molar-refractivity contribution < 1.29 is 0 Å². The van der Waals surface area contributed by atoms with Crippen LogP contribution in [0.25, 0.3) is 0 Å². The minimum atomic E-state index is 0.690. The van der Waals surface area contributed by atoms with Crippen LogP contribution in [0.2, 0.25) is 0 Å². The molecule has 2 rings (SSSR count). The van der Waals surface area contributed by atoms with Crippen molar-refractivity contribution in [1.29, 1.82) is 0 Å². The molecule has 1 saturated heterocycles. The van der Waals surface area contributed by atoms with Crippen LogP contribution in [0.4, 0.5) is 0 Å². The number of likely N-dealkylation sites (tertiary alicyclic amines) is 1. The summed E-state index contributed by atoms with van der Waals surface area (Å²) in [5.41, 5.74) is 4.36. The van der Waals surface area contributed by atoms with Gasteiger partial charge in [0.2, 0.25) is 0 Å². The number of nitrogens with zero attached hydrogens (tertiary/aromatic N) is 1. The minimum Gasteiger partial charge on any atom is -0.296 e. The molecule has 1 aromatic carbocycles. The molecule has 1 fully saturated rings. The van der Waals surface area contributed by atoms with Crippen LogP contribution < -0.4 is 0 Å². The molecule has 1 atom stereocenters. The maximum Gasteiger partial charge on any atom is 0.0241 e. The Balaban J connectivity index is 2.11. The molecule has 0 saturated carbocycles. The molecule has 0 radical (unpaired) electrons. The van der Waals surface area contributed by atoms with E-state index in [9.17, 15) is 0 Å². The van der Waals surface area contributed by atoms with Gasteiger partial charge < -0.3 is 0 Å². The summed E-state index contributed by atoms with van der Waals surface area (Å²) in [7, 11) is 0. The summed E-state index contributed by atoms with van der Waals surface area (Å²) < 4.78 is 0. The summed E-state index contributed by atoms with van der Waals surface area (Å²) >= 11 is 5.94. The fourth-order valence-corrected chi connectivity index (χ4v) is 3.27. The van der Waals surface area contributed by atoms with Gasteiger partial charge in [-0.1, -0.05) is 24.6 Å². The molecule has 0 spiro atoms. The molecule has 0 aromatic heterocycles. The molecule has 1 heterocycles. The third kappa shape index (κ3) is 3.27. The normalized spacial score (nSPS) is 21.2. The molecule has 100 valence electrons. The van der Waals surface area contributed by atoms with Crippen molar-refractivity contribution in [3.8, 4) is 0 Å². The Bertz CT molecular complexity index is 366. The van der Waals surface area contributed by atoms with Gasteiger partial charge in [-0.05, 0) is 56.3 Å². The SMILES string of the molecule is Cc1cccc(C)c1CN1CCCCC1CCCl. The number of piperidine rings is 1. The van der Waals surface area contributed by atoms with Crippen LogP contribution in [0.5, 0.6) is 0 Å². The van der Waals surface area contributed by atoms with E-state index in [2.05, 4.69) is 36.9 Å². The van der Waals surface area contributed by atoms with Gasteiger partial charge in [0.1, 0.15) is 0 Å². The lowest BCUT2D eigenvalue weighted by molar-refractivity contribution is 0.136. The van der Waals surface area contributed by atoms with E-state index in [0.717, 1.165) is 18.8 Å². The predicted molar refractivity (Wildman–Crippen MR) is 79.3 cm³/mol. The van der Waals surface area contributed by atoms with Crippen molar-refractivity contribution in [2.24, 2.45) is 0 Å². The summed E-state index contributed by atoms with van der Waals surface area (Å²) in [5.74, 6) is 0.786. The molecular formula is C16H24ClN. The zero-order chi connectivity index (χ0) is 13.0. The lowest BCUT2D eigenvalue weighted by Gasteiger charge is -2.36. The molecule has 0 bridgehead atoms. The second-order valence-corrected chi connectivity index (χ2v) is 5.85. The van der Waals surface area contributed by atoms with E-state index in [1.165, 1.54) is 42.5 Å². The van der Waals surface area contributed by atoms with Gasteiger partial charge in [-0.15, -0.1) is 11.6 Å². The molecule has 18 heavy (non-hydrogen) atoms. The first kappa shape index (κ1) is 13.9. The standard InChI is InChI=1S/C16H24ClN/c1-13-6-5-7-14(2)16(13)12-18-11-4-3-8-15(18)9-10-17/h5-7,15H,3-4,8-12H2,1-2H3. The third-order valence-electron chi connectivity index (χ3n) is 4.20. The van der Waals surface area contributed by atoms with Crippen molar-refractivity contribution in [1.82, 2.24) is 4.90 Å². The van der Waals surface area contributed by atoms with Gasteiger partial charge in [-0.25, -0.2) is 0 Å². The molecule has 1 nitrogen and oxygen atoms in total. The summed E-state index contributed by atoms with van der Waals surface area (Å²) in [6.45, 7) is 6.78. The highest BCUT2D eigenvalue weighted by atomic mass is 35.5. The van der Waals surface area contributed by atoms with Crippen molar-refractivity contribution in [3.63, 3.8) is 0 Å². The number of benzene rings is 1. The van der Waals surface area contributed by atoms with Crippen LogP contribution in [0, 0.1) is 13.8 Å². The maximum atomic E-state index is 5.94. The van der Waals surface area contributed by atoms with E-state index in [4.69, 9.17) is 11.6 Å². The highest BCUT2D eigenvalue weighted by Gasteiger charge is 2.22. The van der Waals surface area contributed by atoms with Crippen molar-refractivity contribution >= 4 is 11.6 Å². The highest BCUT2D eigenvalue weighted by molar-refractivity contribution is 6.17. The van der Waals surface area contributed by atoms with Crippen LogP contribution in [0.1, 0.15) is 42.4 Å². The number of hydrogen-bond acceptors (Lipinski definition) is 1. The Kier molecular flexibility index (Phi) is 5.08. The van der Waals surface area contributed by atoms with E-state index in [0.29, 0.717) is 6.04 Å². The first-order valence-electron chi connectivity index (χ1n) is 7.07. The fraction of sp³-hybridized carbons (Fsp3) is 0.625. The second-order valence-electron chi connectivity index (χ2n) is 5.47. The quantitative estimate of drug-likeness (QED) is 0.735. The van der Waals surface area contributed by atoms with Crippen LogP contribution in [-0.4, -0.2) is 23.4 Å². The molecule has 0 amide bonds. The van der Waals surface area contributed by atoms with Gasteiger partial charge in [0.25, 0.3) is 0 Å². The van der Waals surface area contributed by atoms with Crippen LogP contribution in [0.3, 0.4) is 0 Å². The number of rotatable bonds is 4. The zero-order valence-corrected chi connectivity index (χ0v) is 12.3. The molecule has 1 unspecified atom stereocenters. The number of alkyl halides is 1. The van der Waals surface area contributed by atoms with Gasteiger partial charge >= 0.3 is 0 Å². The molecule has 2 heteroatoms. The van der Waals surface area contributed by atoms with E-state index < -0.39 is 0 Å². The van der Waals surface area contributed by atoms with Gasteiger partial charge in [-0.3, -0.25) is 4.90 Å². The summed E-state index contributed by atoms with van der Waals surface area (Å²) in [6.07, 6.45) is 5.15. The summed E-state index contributed by atoms with van der Waals surface area (Å²) in [6, 6.07) is 7.29. The molecule has 1 aromatic rings. The Morgan fingerprint density at radius 2 is 1.94 bits per heavy atom. The Morgan fingerprint density at radius 1 is 1.22 bits per heavy atom. The molecule has 0 N–H and O–H groups in total. The number of hydrogen-bond donors (Lipinski definition) is 0. The Labute approximate surface area is 116 Å². The fourth-order valence-electron chi connectivity index (χ4n) is 3.02. The average molecular weight is 266 g/mol. The van der Waals surface area contributed by atoms with Gasteiger partial charge in [0.15, 0.2) is 0 Å². The Morgan fingerprint density at radius 3 is 2.61 bits per heavy atom. The third-order valence-corrected chi connectivity index (χ3v) is 4.42. The van der Waals surface area contributed by atoms with Crippen molar-refractivity contribution in [3.05, 3.63) is 34.9 Å². The van der Waals surface area contributed by atoms with E-state index >= 15 is 0 Å². The van der Waals surface area contributed by atoms with Crippen LogP contribution >= 0.6 is 11.6 Å². The highest BCUT2D eigenvalue weighted by Crippen LogP contribution is 2.24. The van der Waals surface area contributed by atoms with Gasteiger partial charge in [-0.2, -0.15) is 0 Å². The lowest BCUT2D eigenvalue weighted by Crippen LogP contribution is -2.39. The largest absolute Gasteiger partial charge is 0.296 e. The Hall–Kier alpha value is -0.530. The van der Waals surface area contributed by atoms with Crippen LogP contribution in [-0.2, 0) is 6.54 Å². The molecular weight excluding hydrogens is 242 g/mol.